The first-order valence-corrected chi connectivity index (χ1v) is 5.72. The van der Waals surface area contributed by atoms with Crippen LogP contribution in [-0.2, 0) is 9.53 Å². The lowest BCUT2D eigenvalue weighted by molar-refractivity contribution is -0.123. The van der Waals surface area contributed by atoms with Crippen molar-refractivity contribution in [2.75, 3.05) is 20.3 Å². The third-order valence-electron chi connectivity index (χ3n) is 2.63. The molecule has 1 aromatic carbocycles. The van der Waals surface area contributed by atoms with E-state index in [9.17, 15) is 4.79 Å². The minimum absolute atomic E-state index is 0. The van der Waals surface area contributed by atoms with Gasteiger partial charge >= 0.3 is 0 Å². The molecule has 0 aliphatic heterocycles. The van der Waals surface area contributed by atoms with Crippen molar-refractivity contribution in [3.63, 3.8) is 0 Å². The molecule has 0 radical (unpaired) electrons. The normalized spacial score (nSPS) is 13.3. The molecule has 2 unspecified atom stereocenters. The average molecular weight is 273 g/mol. The van der Waals surface area contributed by atoms with Crippen LogP contribution in [0.1, 0.15) is 18.4 Å². The van der Waals surface area contributed by atoms with Gasteiger partial charge in [0.25, 0.3) is 0 Å². The number of amides is 1. The van der Waals surface area contributed by atoms with Crippen molar-refractivity contribution in [2.24, 2.45) is 5.73 Å². The smallest absolute Gasteiger partial charge is 0.239 e. The first kappa shape index (κ1) is 16.9. The third kappa shape index (κ3) is 5.49. The summed E-state index contributed by atoms with van der Waals surface area (Å²) in [6.07, 6.45) is 0. The number of hydrogen-bond acceptors (Lipinski definition) is 3. The predicted octanol–water partition coefficient (Wildman–Crippen LogP) is 1.30. The average Bonchev–Trinajstić information content (AvgIpc) is 2.36. The maximum absolute atomic E-state index is 11.6. The SMILES string of the molecule is COCC(N)C(=O)NCC(C)c1ccccc1.Cl. The summed E-state index contributed by atoms with van der Waals surface area (Å²) < 4.78 is 4.83. The molecule has 2 atom stereocenters. The molecule has 1 aromatic rings. The third-order valence-corrected chi connectivity index (χ3v) is 2.63. The zero-order chi connectivity index (χ0) is 12.7. The Hall–Kier alpha value is -1.10. The first-order chi connectivity index (χ1) is 8.15. The van der Waals surface area contributed by atoms with Crippen molar-refractivity contribution in [3.05, 3.63) is 35.9 Å². The number of methoxy groups -OCH3 is 1. The van der Waals surface area contributed by atoms with Gasteiger partial charge in [-0.1, -0.05) is 37.3 Å². The Morgan fingerprint density at radius 3 is 2.56 bits per heavy atom. The zero-order valence-corrected chi connectivity index (χ0v) is 11.6. The van der Waals surface area contributed by atoms with E-state index in [1.165, 1.54) is 12.7 Å². The van der Waals surface area contributed by atoms with Gasteiger partial charge in [0.15, 0.2) is 0 Å². The minimum Gasteiger partial charge on any atom is -0.383 e. The lowest BCUT2D eigenvalue weighted by Gasteiger charge is -2.15. The van der Waals surface area contributed by atoms with Crippen LogP contribution >= 0.6 is 12.4 Å². The van der Waals surface area contributed by atoms with Crippen LogP contribution in [0.15, 0.2) is 30.3 Å². The van der Waals surface area contributed by atoms with Crippen LogP contribution in [0.2, 0.25) is 0 Å². The molecule has 0 bridgehead atoms. The molecule has 0 saturated heterocycles. The van der Waals surface area contributed by atoms with Crippen molar-refractivity contribution in [1.82, 2.24) is 5.32 Å². The quantitative estimate of drug-likeness (QED) is 0.821. The van der Waals surface area contributed by atoms with Gasteiger partial charge in [0.1, 0.15) is 6.04 Å². The van der Waals surface area contributed by atoms with Gasteiger partial charge in [-0.3, -0.25) is 4.79 Å². The number of hydrogen-bond donors (Lipinski definition) is 2. The van der Waals surface area contributed by atoms with E-state index >= 15 is 0 Å². The Morgan fingerprint density at radius 1 is 1.39 bits per heavy atom. The van der Waals surface area contributed by atoms with Crippen LogP contribution in [0.3, 0.4) is 0 Å². The number of nitrogens with two attached hydrogens (primary N) is 1. The Kier molecular flexibility index (Phi) is 8.37. The van der Waals surface area contributed by atoms with E-state index in [0.717, 1.165) is 0 Å². The summed E-state index contributed by atoms with van der Waals surface area (Å²) >= 11 is 0. The number of carbonyl (C=O) groups is 1. The Bertz CT molecular complexity index is 346. The summed E-state index contributed by atoms with van der Waals surface area (Å²) in [7, 11) is 1.53. The molecule has 3 N–H and O–H groups in total. The molecular formula is C13H21ClN2O2. The second-order valence-corrected chi connectivity index (χ2v) is 4.12. The number of rotatable bonds is 6. The van der Waals surface area contributed by atoms with E-state index in [-0.39, 0.29) is 30.8 Å². The first-order valence-electron chi connectivity index (χ1n) is 5.72. The molecule has 102 valence electrons. The van der Waals surface area contributed by atoms with Crippen molar-refractivity contribution in [1.29, 1.82) is 0 Å². The van der Waals surface area contributed by atoms with Gasteiger partial charge in [-0.25, -0.2) is 0 Å². The Balaban J connectivity index is 0.00000289. The summed E-state index contributed by atoms with van der Waals surface area (Å²) in [5, 5.41) is 2.82. The molecule has 0 fully saturated rings. The number of benzene rings is 1. The van der Waals surface area contributed by atoms with Crippen molar-refractivity contribution in [3.8, 4) is 0 Å². The molecule has 0 aliphatic rings. The van der Waals surface area contributed by atoms with E-state index in [0.29, 0.717) is 6.54 Å². The summed E-state index contributed by atoms with van der Waals surface area (Å²) in [6, 6.07) is 9.46. The van der Waals surface area contributed by atoms with Gasteiger partial charge < -0.3 is 15.8 Å². The molecule has 0 aliphatic carbocycles. The molecule has 4 nitrogen and oxygen atoms in total. The Morgan fingerprint density at radius 2 is 2.00 bits per heavy atom. The maximum atomic E-state index is 11.6. The highest BCUT2D eigenvalue weighted by molar-refractivity contribution is 5.85. The van der Waals surface area contributed by atoms with E-state index in [4.69, 9.17) is 10.5 Å². The van der Waals surface area contributed by atoms with Crippen molar-refractivity contribution < 1.29 is 9.53 Å². The molecule has 1 amide bonds. The highest BCUT2D eigenvalue weighted by Gasteiger charge is 2.14. The van der Waals surface area contributed by atoms with Crippen LogP contribution < -0.4 is 11.1 Å². The lowest BCUT2D eigenvalue weighted by Crippen LogP contribution is -2.44. The molecule has 18 heavy (non-hydrogen) atoms. The van der Waals surface area contributed by atoms with E-state index in [1.54, 1.807) is 0 Å². The van der Waals surface area contributed by atoms with Gasteiger partial charge in [0.2, 0.25) is 5.91 Å². The molecule has 0 saturated carbocycles. The molecule has 1 rings (SSSR count). The van der Waals surface area contributed by atoms with Crippen LogP contribution in [0.5, 0.6) is 0 Å². The van der Waals surface area contributed by atoms with E-state index in [1.807, 2.05) is 30.3 Å². The number of halogens is 1. The minimum atomic E-state index is -0.594. The summed E-state index contributed by atoms with van der Waals surface area (Å²) in [5.41, 5.74) is 6.82. The monoisotopic (exact) mass is 272 g/mol. The van der Waals surface area contributed by atoms with Gasteiger partial charge in [-0.05, 0) is 11.5 Å². The van der Waals surface area contributed by atoms with Crippen LogP contribution in [0.4, 0.5) is 0 Å². The highest BCUT2D eigenvalue weighted by atomic mass is 35.5. The fourth-order valence-corrected chi connectivity index (χ4v) is 1.54. The largest absolute Gasteiger partial charge is 0.383 e. The van der Waals surface area contributed by atoms with Crippen molar-refractivity contribution in [2.45, 2.75) is 18.9 Å². The summed E-state index contributed by atoms with van der Waals surface area (Å²) in [5.74, 6) is 0.101. The summed E-state index contributed by atoms with van der Waals surface area (Å²) in [4.78, 5) is 11.6. The second-order valence-electron chi connectivity index (χ2n) is 4.12. The van der Waals surface area contributed by atoms with Gasteiger partial charge in [0, 0.05) is 13.7 Å². The fraction of sp³-hybridized carbons (Fsp3) is 0.462. The molecule has 5 heteroatoms. The maximum Gasteiger partial charge on any atom is 0.239 e. The second kappa shape index (κ2) is 8.91. The van der Waals surface area contributed by atoms with Crippen LogP contribution in [0.25, 0.3) is 0 Å². The Labute approximate surface area is 114 Å². The standard InChI is InChI=1S/C13H20N2O2.ClH/c1-10(11-6-4-3-5-7-11)8-15-13(16)12(14)9-17-2;/h3-7,10,12H,8-9,14H2,1-2H3,(H,15,16);1H. The predicted molar refractivity (Wildman–Crippen MR) is 75.0 cm³/mol. The summed E-state index contributed by atoms with van der Waals surface area (Å²) in [6.45, 7) is 2.89. The molecule has 0 heterocycles. The van der Waals surface area contributed by atoms with Gasteiger partial charge in [-0.2, -0.15) is 0 Å². The topological polar surface area (TPSA) is 64.3 Å². The van der Waals surface area contributed by atoms with Crippen LogP contribution in [-0.4, -0.2) is 32.2 Å². The van der Waals surface area contributed by atoms with Crippen molar-refractivity contribution >= 4 is 18.3 Å². The number of carbonyl (C=O) groups excluding carboxylic acids is 1. The molecule has 0 aromatic heterocycles. The fourth-order valence-electron chi connectivity index (χ4n) is 1.54. The highest BCUT2D eigenvalue weighted by Crippen LogP contribution is 2.12. The number of nitrogens with one attached hydrogen (secondary N) is 1. The van der Waals surface area contributed by atoms with E-state index < -0.39 is 6.04 Å². The molecular weight excluding hydrogens is 252 g/mol. The molecule has 0 spiro atoms. The van der Waals surface area contributed by atoms with Crippen LogP contribution in [0, 0.1) is 0 Å². The van der Waals surface area contributed by atoms with Gasteiger partial charge in [0.05, 0.1) is 6.61 Å². The zero-order valence-electron chi connectivity index (χ0n) is 10.8. The van der Waals surface area contributed by atoms with E-state index in [2.05, 4.69) is 12.2 Å². The van der Waals surface area contributed by atoms with Gasteiger partial charge in [-0.15, -0.1) is 12.4 Å². The number of ether oxygens (including phenoxy) is 1. The lowest BCUT2D eigenvalue weighted by atomic mass is 10.0.